The van der Waals surface area contributed by atoms with Crippen molar-refractivity contribution in [3.8, 4) is 0 Å². The number of hydrogen-bond donors (Lipinski definition) is 1. The van der Waals surface area contributed by atoms with E-state index in [4.69, 9.17) is 0 Å². The minimum Gasteiger partial charge on any atom is -0.352 e. The van der Waals surface area contributed by atoms with Crippen LogP contribution in [-0.2, 0) is 21.4 Å². The molecule has 0 spiro atoms. The number of rotatable bonds is 5. The topological polar surface area (TPSA) is 66.5 Å². The molecule has 0 aromatic heterocycles. The molecule has 1 N–H and O–H groups in total. The highest BCUT2D eigenvalue weighted by molar-refractivity contribution is 7.89. The fraction of sp³-hybridized carbons (Fsp3) is 0.533. The van der Waals surface area contributed by atoms with E-state index in [1.807, 2.05) is 30.3 Å². The lowest BCUT2D eigenvalue weighted by Gasteiger charge is -2.30. The number of hydrogen-bond acceptors (Lipinski definition) is 3. The minimum atomic E-state index is -3.12. The smallest absolute Gasteiger partial charge is 0.223 e. The monoisotopic (exact) mass is 310 g/mol. The molecule has 1 aliphatic rings. The van der Waals surface area contributed by atoms with Crippen LogP contribution in [0.25, 0.3) is 0 Å². The van der Waals surface area contributed by atoms with E-state index < -0.39 is 10.0 Å². The van der Waals surface area contributed by atoms with Crippen molar-refractivity contribution in [3.63, 3.8) is 0 Å². The van der Waals surface area contributed by atoms with Gasteiger partial charge < -0.3 is 5.32 Å². The summed E-state index contributed by atoms with van der Waals surface area (Å²) in [6.07, 6.45) is 1.19. The van der Waals surface area contributed by atoms with Crippen molar-refractivity contribution in [2.24, 2.45) is 5.92 Å². The van der Waals surface area contributed by atoms with E-state index in [1.54, 1.807) is 6.92 Å². The van der Waals surface area contributed by atoms with Gasteiger partial charge in [0.1, 0.15) is 0 Å². The lowest BCUT2D eigenvalue weighted by Crippen LogP contribution is -2.43. The molecule has 1 aromatic rings. The number of carbonyl (C=O) groups excluding carboxylic acids is 1. The number of sulfonamides is 1. The number of piperidine rings is 1. The Balaban J connectivity index is 1.81. The van der Waals surface area contributed by atoms with E-state index in [-0.39, 0.29) is 17.6 Å². The van der Waals surface area contributed by atoms with Gasteiger partial charge in [0, 0.05) is 25.6 Å². The Morgan fingerprint density at radius 1 is 1.24 bits per heavy atom. The third kappa shape index (κ3) is 4.28. The van der Waals surface area contributed by atoms with Crippen LogP contribution in [0.15, 0.2) is 30.3 Å². The number of carbonyl (C=O) groups is 1. The van der Waals surface area contributed by atoms with Crippen molar-refractivity contribution in [3.05, 3.63) is 35.9 Å². The third-order valence-corrected chi connectivity index (χ3v) is 5.77. The van der Waals surface area contributed by atoms with Crippen LogP contribution in [-0.4, -0.2) is 37.5 Å². The highest BCUT2D eigenvalue weighted by Crippen LogP contribution is 2.20. The normalized spacial score (nSPS) is 17.6. The van der Waals surface area contributed by atoms with Crippen LogP contribution in [0.1, 0.15) is 25.3 Å². The van der Waals surface area contributed by atoms with Gasteiger partial charge in [-0.05, 0) is 25.3 Å². The molecule has 1 aliphatic heterocycles. The molecular weight excluding hydrogens is 288 g/mol. The van der Waals surface area contributed by atoms with Crippen LogP contribution in [0.5, 0.6) is 0 Å². The number of amides is 1. The lowest BCUT2D eigenvalue weighted by atomic mass is 9.97. The first-order valence-corrected chi connectivity index (χ1v) is 8.93. The highest BCUT2D eigenvalue weighted by atomic mass is 32.2. The first kappa shape index (κ1) is 16.0. The van der Waals surface area contributed by atoms with Gasteiger partial charge in [0.25, 0.3) is 0 Å². The molecule has 6 heteroatoms. The fourth-order valence-corrected chi connectivity index (χ4v) is 3.64. The van der Waals surface area contributed by atoms with Crippen LogP contribution in [0.2, 0.25) is 0 Å². The summed E-state index contributed by atoms with van der Waals surface area (Å²) in [6, 6.07) is 9.76. The van der Waals surface area contributed by atoms with E-state index in [0.29, 0.717) is 32.5 Å². The van der Waals surface area contributed by atoms with Crippen LogP contribution in [0.4, 0.5) is 0 Å². The summed E-state index contributed by atoms with van der Waals surface area (Å²) in [5.41, 5.74) is 1.07. The second-order valence-electron chi connectivity index (χ2n) is 5.28. The predicted octanol–water partition coefficient (Wildman–Crippen LogP) is 1.36. The molecule has 0 atom stereocenters. The maximum Gasteiger partial charge on any atom is 0.223 e. The number of nitrogens with one attached hydrogen (secondary N) is 1. The Bertz CT molecular complexity index is 564. The Morgan fingerprint density at radius 2 is 1.86 bits per heavy atom. The van der Waals surface area contributed by atoms with Crippen molar-refractivity contribution in [2.45, 2.75) is 26.3 Å². The molecule has 1 saturated heterocycles. The molecule has 1 aromatic carbocycles. The van der Waals surface area contributed by atoms with E-state index in [9.17, 15) is 13.2 Å². The van der Waals surface area contributed by atoms with Crippen LogP contribution >= 0.6 is 0 Å². The van der Waals surface area contributed by atoms with Gasteiger partial charge in [0.05, 0.1) is 5.75 Å². The van der Waals surface area contributed by atoms with E-state index in [0.717, 1.165) is 5.56 Å². The van der Waals surface area contributed by atoms with Crippen molar-refractivity contribution in [2.75, 3.05) is 18.8 Å². The summed E-state index contributed by atoms with van der Waals surface area (Å²) >= 11 is 0. The Labute approximate surface area is 126 Å². The van der Waals surface area contributed by atoms with E-state index >= 15 is 0 Å². The predicted molar refractivity (Wildman–Crippen MR) is 82.0 cm³/mol. The molecule has 0 saturated carbocycles. The molecule has 21 heavy (non-hydrogen) atoms. The Kier molecular flexibility index (Phi) is 5.36. The van der Waals surface area contributed by atoms with Crippen LogP contribution < -0.4 is 5.32 Å². The van der Waals surface area contributed by atoms with Gasteiger partial charge >= 0.3 is 0 Å². The quantitative estimate of drug-likeness (QED) is 0.893. The molecule has 1 heterocycles. The van der Waals surface area contributed by atoms with Gasteiger partial charge in [-0.1, -0.05) is 30.3 Å². The van der Waals surface area contributed by atoms with Crippen molar-refractivity contribution >= 4 is 15.9 Å². The van der Waals surface area contributed by atoms with Gasteiger partial charge in [0.2, 0.25) is 15.9 Å². The summed E-state index contributed by atoms with van der Waals surface area (Å²) in [4.78, 5) is 12.1. The SMILES string of the molecule is CCS(=O)(=O)N1CCC(C(=O)NCc2ccccc2)CC1. The summed E-state index contributed by atoms with van der Waals surface area (Å²) < 4.78 is 25.0. The maximum absolute atomic E-state index is 12.1. The minimum absolute atomic E-state index is 0.0207. The molecule has 2 rings (SSSR count). The van der Waals surface area contributed by atoms with Crippen molar-refractivity contribution in [1.29, 1.82) is 0 Å². The van der Waals surface area contributed by atoms with Crippen molar-refractivity contribution < 1.29 is 13.2 Å². The van der Waals surface area contributed by atoms with Gasteiger partial charge in [-0.3, -0.25) is 4.79 Å². The van der Waals surface area contributed by atoms with E-state index in [2.05, 4.69) is 5.32 Å². The van der Waals surface area contributed by atoms with Gasteiger partial charge in [-0.2, -0.15) is 0 Å². The van der Waals surface area contributed by atoms with Gasteiger partial charge in [-0.25, -0.2) is 12.7 Å². The standard InChI is InChI=1S/C15H22N2O3S/c1-2-21(19,20)17-10-8-14(9-11-17)15(18)16-12-13-6-4-3-5-7-13/h3-7,14H,2,8-12H2,1H3,(H,16,18). The molecule has 1 fully saturated rings. The second-order valence-corrected chi connectivity index (χ2v) is 7.53. The fourth-order valence-electron chi connectivity index (χ4n) is 2.51. The zero-order chi connectivity index (χ0) is 15.3. The lowest BCUT2D eigenvalue weighted by molar-refractivity contribution is -0.126. The highest BCUT2D eigenvalue weighted by Gasteiger charge is 2.29. The molecule has 0 radical (unpaired) electrons. The largest absolute Gasteiger partial charge is 0.352 e. The molecular formula is C15H22N2O3S. The first-order chi connectivity index (χ1) is 10.0. The van der Waals surface area contributed by atoms with E-state index in [1.165, 1.54) is 4.31 Å². The maximum atomic E-state index is 12.1. The summed E-state index contributed by atoms with van der Waals surface area (Å²) in [5.74, 6) is 0.0575. The molecule has 0 aliphatic carbocycles. The summed E-state index contributed by atoms with van der Waals surface area (Å²) in [5, 5.41) is 2.93. The summed E-state index contributed by atoms with van der Waals surface area (Å²) in [6.45, 7) is 3.06. The molecule has 0 unspecified atom stereocenters. The first-order valence-electron chi connectivity index (χ1n) is 7.32. The zero-order valence-electron chi connectivity index (χ0n) is 12.3. The average Bonchev–Trinajstić information content (AvgIpc) is 2.53. The average molecular weight is 310 g/mol. The molecule has 116 valence electrons. The molecule has 1 amide bonds. The molecule has 0 bridgehead atoms. The Morgan fingerprint density at radius 3 is 2.43 bits per heavy atom. The van der Waals surface area contributed by atoms with Crippen LogP contribution in [0, 0.1) is 5.92 Å². The Hall–Kier alpha value is -1.40. The molecule has 5 nitrogen and oxygen atoms in total. The summed E-state index contributed by atoms with van der Waals surface area (Å²) in [7, 11) is -3.12. The number of nitrogens with zero attached hydrogens (tertiary/aromatic N) is 1. The van der Waals surface area contributed by atoms with Crippen LogP contribution in [0.3, 0.4) is 0 Å². The number of benzene rings is 1. The van der Waals surface area contributed by atoms with Gasteiger partial charge in [-0.15, -0.1) is 0 Å². The van der Waals surface area contributed by atoms with Gasteiger partial charge in [0.15, 0.2) is 0 Å². The van der Waals surface area contributed by atoms with Crippen molar-refractivity contribution in [1.82, 2.24) is 9.62 Å². The second kappa shape index (κ2) is 7.04. The third-order valence-electron chi connectivity index (χ3n) is 3.89. The zero-order valence-corrected chi connectivity index (χ0v) is 13.1.